The van der Waals surface area contributed by atoms with Crippen LogP contribution in [-0.2, 0) is 0 Å². The van der Waals surface area contributed by atoms with Crippen LogP contribution in [-0.4, -0.2) is 48.6 Å². The number of para-hydroxylation sites is 1. The minimum atomic E-state index is -0.258. The summed E-state index contributed by atoms with van der Waals surface area (Å²) in [5, 5.41) is 3.62. The van der Waals surface area contributed by atoms with Gasteiger partial charge in [0.05, 0.1) is 0 Å². The van der Waals surface area contributed by atoms with E-state index in [1.54, 1.807) is 11.9 Å². The second-order valence-corrected chi connectivity index (χ2v) is 5.28. The summed E-state index contributed by atoms with van der Waals surface area (Å²) in [7, 11) is 5.32. The summed E-state index contributed by atoms with van der Waals surface area (Å²) < 4.78 is 0. The molecule has 1 rings (SSSR count). The molecular weight excluding hydrogens is 292 g/mol. The number of carbonyl (C=O) groups excluding carboxylic acids is 1. The van der Waals surface area contributed by atoms with Crippen LogP contribution in [0, 0.1) is 0 Å². The van der Waals surface area contributed by atoms with Gasteiger partial charge in [-0.15, -0.1) is 0 Å². The number of amidine groups is 1. The second kappa shape index (κ2) is 7.86. The molecule has 0 saturated carbocycles. The number of nitrogens with one attached hydrogen (secondary N) is 1. The fourth-order valence-electron chi connectivity index (χ4n) is 1.26. The maximum absolute atomic E-state index is 12.1. The van der Waals surface area contributed by atoms with Crippen molar-refractivity contribution in [3.8, 4) is 0 Å². The Balaban J connectivity index is 2.75. The van der Waals surface area contributed by atoms with Crippen LogP contribution in [0.5, 0.6) is 0 Å². The second-order valence-electron chi connectivity index (χ2n) is 4.12. The number of aliphatic imine (C=N–C) groups is 1. The Morgan fingerprint density at radius 1 is 1.25 bits per heavy atom. The predicted molar refractivity (Wildman–Crippen MR) is 90.6 cm³/mol. The quantitative estimate of drug-likeness (QED) is 0.491. The van der Waals surface area contributed by atoms with Crippen molar-refractivity contribution in [3.05, 3.63) is 30.3 Å². The summed E-state index contributed by atoms with van der Waals surface area (Å²) >= 11 is 6.43. The third kappa shape index (κ3) is 4.82. The van der Waals surface area contributed by atoms with Gasteiger partial charge in [0.15, 0.2) is 10.3 Å². The first-order valence-electron chi connectivity index (χ1n) is 5.89. The van der Waals surface area contributed by atoms with E-state index in [2.05, 4.69) is 10.3 Å². The number of anilines is 1. The summed E-state index contributed by atoms with van der Waals surface area (Å²) in [4.78, 5) is 19.5. The van der Waals surface area contributed by atoms with Gasteiger partial charge in [-0.25, -0.2) is 4.79 Å². The highest BCUT2D eigenvalue weighted by Crippen LogP contribution is 2.11. The summed E-state index contributed by atoms with van der Waals surface area (Å²) in [5.41, 5.74) is 0.806. The minimum Gasteiger partial charge on any atom is -0.354 e. The lowest BCUT2D eigenvalue weighted by Gasteiger charge is -2.18. The van der Waals surface area contributed by atoms with E-state index in [0.29, 0.717) is 10.3 Å². The Morgan fingerprint density at radius 3 is 2.35 bits per heavy atom. The Kier molecular flexibility index (Phi) is 6.47. The van der Waals surface area contributed by atoms with Gasteiger partial charge >= 0.3 is 6.03 Å². The number of urea groups is 1. The molecule has 7 heteroatoms. The minimum absolute atomic E-state index is 0.258. The standard InChI is InChI=1S/C13H18N4OS2/c1-16(2)13(19)15-11(20-4)14-12(18)17(3)10-8-6-5-7-9-10/h5-9H,1-4H3,(H,14,15,18,19). The van der Waals surface area contributed by atoms with Crippen molar-refractivity contribution in [2.24, 2.45) is 4.99 Å². The zero-order chi connectivity index (χ0) is 15.1. The van der Waals surface area contributed by atoms with Crippen molar-refractivity contribution in [2.75, 3.05) is 32.3 Å². The highest BCUT2D eigenvalue weighted by Gasteiger charge is 2.13. The molecule has 108 valence electrons. The summed E-state index contributed by atoms with van der Waals surface area (Å²) in [6, 6.07) is 9.12. The first-order chi connectivity index (χ1) is 9.45. The molecule has 0 aliphatic carbocycles. The van der Waals surface area contributed by atoms with E-state index in [9.17, 15) is 4.79 Å². The van der Waals surface area contributed by atoms with Crippen molar-refractivity contribution >= 4 is 46.0 Å². The largest absolute Gasteiger partial charge is 0.354 e. The van der Waals surface area contributed by atoms with E-state index in [4.69, 9.17) is 12.2 Å². The van der Waals surface area contributed by atoms with Gasteiger partial charge in [0, 0.05) is 26.8 Å². The van der Waals surface area contributed by atoms with E-state index in [1.807, 2.05) is 50.7 Å². The third-order valence-electron chi connectivity index (χ3n) is 2.44. The molecule has 2 amide bonds. The number of carbonyl (C=O) groups is 1. The monoisotopic (exact) mass is 310 g/mol. The summed E-state index contributed by atoms with van der Waals surface area (Å²) in [5.74, 6) is 0. The molecule has 1 aromatic carbocycles. The third-order valence-corrected chi connectivity index (χ3v) is 3.47. The zero-order valence-electron chi connectivity index (χ0n) is 12.0. The Morgan fingerprint density at radius 2 is 1.85 bits per heavy atom. The van der Waals surface area contributed by atoms with Gasteiger partial charge in [-0.2, -0.15) is 4.99 Å². The Labute approximate surface area is 129 Å². The predicted octanol–water partition coefficient (Wildman–Crippen LogP) is 2.40. The number of nitrogens with zero attached hydrogens (tertiary/aromatic N) is 3. The van der Waals surface area contributed by atoms with Crippen LogP contribution in [0.25, 0.3) is 0 Å². The van der Waals surface area contributed by atoms with Crippen LogP contribution in [0.2, 0.25) is 0 Å². The van der Waals surface area contributed by atoms with Gasteiger partial charge in [0.1, 0.15) is 0 Å². The first-order valence-corrected chi connectivity index (χ1v) is 7.52. The molecule has 0 unspecified atom stereocenters. The lowest BCUT2D eigenvalue weighted by atomic mass is 10.3. The smallest absolute Gasteiger partial charge is 0.327 e. The topological polar surface area (TPSA) is 47.9 Å². The molecule has 0 atom stereocenters. The SMILES string of the molecule is CSC(=NC(=S)N(C)C)NC(=O)N(C)c1ccccc1. The number of hydrogen-bond donors (Lipinski definition) is 1. The first kappa shape index (κ1) is 16.5. The summed E-state index contributed by atoms with van der Waals surface area (Å²) in [6.07, 6.45) is 1.83. The molecule has 0 aliphatic rings. The van der Waals surface area contributed by atoms with Gasteiger partial charge in [-0.3, -0.25) is 10.2 Å². The maximum Gasteiger partial charge on any atom is 0.327 e. The molecule has 0 radical (unpaired) electrons. The number of benzene rings is 1. The van der Waals surface area contributed by atoms with Crippen molar-refractivity contribution in [1.29, 1.82) is 0 Å². The molecule has 0 fully saturated rings. The molecule has 1 aromatic rings. The Hall–Kier alpha value is -1.60. The van der Waals surface area contributed by atoms with Crippen LogP contribution in [0.1, 0.15) is 0 Å². The zero-order valence-corrected chi connectivity index (χ0v) is 13.6. The molecule has 0 aliphatic heterocycles. The number of hydrogen-bond acceptors (Lipinski definition) is 3. The molecule has 0 spiro atoms. The van der Waals surface area contributed by atoms with Gasteiger partial charge in [-0.1, -0.05) is 30.0 Å². The molecule has 1 N–H and O–H groups in total. The van der Waals surface area contributed by atoms with Crippen LogP contribution >= 0.6 is 24.0 Å². The number of rotatable bonds is 1. The molecule has 20 heavy (non-hydrogen) atoms. The van der Waals surface area contributed by atoms with Crippen LogP contribution < -0.4 is 10.2 Å². The van der Waals surface area contributed by atoms with Crippen LogP contribution in [0.4, 0.5) is 10.5 Å². The van der Waals surface area contributed by atoms with Gasteiger partial charge < -0.3 is 4.90 Å². The lowest BCUT2D eigenvalue weighted by Crippen LogP contribution is -2.40. The van der Waals surface area contributed by atoms with Crippen molar-refractivity contribution in [3.63, 3.8) is 0 Å². The number of amides is 2. The maximum atomic E-state index is 12.1. The molecule has 0 saturated heterocycles. The lowest BCUT2D eigenvalue weighted by molar-refractivity contribution is 0.252. The average molecular weight is 310 g/mol. The van der Waals surface area contributed by atoms with Crippen LogP contribution in [0.15, 0.2) is 35.3 Å². The molecular formula is C13H18N4OS2. The van der Waals surface area contributed by atoms with Gasteiger partial charge in [-0.05, 0) is 30.6 Å². The molecule has 5 nitrogen and oxygen atoms in total. The average Bonchev–Trinajstić information content (AvgIpc) is 2.46. The normalized spacial score (nSPS) is 10.9. The molecule has 0 aromatic heterocycles. The highest BCUT2D eigenvalue weighted by molar-refractivity contribution is 8.13. The summed E-state index contributed by atoms with van der Waals surface area (Å²) in [6.45, 7) is 0. The van der Waals surface area contributed by atoms with E-state index in [1.165, 1.54) is 16.7 Å². The fraction of sp³-hybridized carbons (Fsp3) is 0.308. The molecule has 0 bridgehead atoms. The molecule has 0 heterocycles. The fourth-order valence-corrected chi connectivity index (χ4v) is 1.77. The highest BCUT2D eigenvalue weighted by atomic mass is 32.2. The Bertz CT molecular complexity index is 502. The van der Waals surface area contributed by atoms with Crippen molar-refractivity contribution < 1.29 is 4.79 Å². The van der Waals surface area contributed by atoms with Crippen molar-refractivity contribution in [2.45, 2.75) is 0 Å². The number of thioether (sulfide) groups is 1. The van der Waals surface area contributed by atoms with Crippen LogP contribution in [0.3, 0.4) is 0 Å². The van der Waals surface area contributed by atoms with E-state index >= 15 is 0 Å². The van der Waals surface area contributed by atoms with Gasteiger partial charge in [0.2, 0.25) is 0 Å². The number of thiocarbonyl (C=S) groups is 1. The van der Waals surface area contributed by atoms with Gasteiger partial charge in [0.25, 0.3) is 0 Å². The van der Waals surface area contributed by atoms with E-state index in [0.717, 1.165) is 5.69 Å². The van der Waals surface area contributed by atoms with Crippen molar-refractivity contribution in [1.82, 2.24) is 10.2 Å². The van der Waals surface area contributed by atoms with E-state index in [-0.39, 0.29) is 6.03 Å². The van der Waals surface area contributed by atoms with E-state index < -0.39 is 0 Å².